The first kappa shape index (κ1) is 6.14. The second-order valence-electron chi connectivity index (χ2n) is 1.59. The van der Waals surface area contributed by atoms with E-state index in [0.29, 0.717) is 6.61 Å². The molecule has 0 atom stereocenters. The zero-order chi connectivity index (χ0) is 6.53. The molecule has 0 saturated heterocycles. The van der Waals surface area contributed by atoms with Crippen molar-refractivity contribution in [3.63, 3.8) is 0 Å². The largest absolute Gasteiger partial charge is 0.493 e. The molecule has 46 valence electrons. The van der Waals surface area contributed by atoms with E-state index in [4.69, 9.17) is 4.74 Å². The van der Waals surface area contributed by atoms with Gasteiger partial charge in [0, 0.05) is 6.07 Å². The molecule has 0 bridgehead atoms. The summed E-state index contributed by atoms with van der Waals surface area (Å²) in [6, 6.07) is 11.1. The molecule has 1 heteroatoms. The molecule has 0 amide bonds. The minimum absolute atomic E-state index is 0.689. The van der Waals surface area contributed by atoms with Crippen LogP contribution in [0.4, 0.5) is 0 Å². The second-order valence-corrected chi connectivity index (χ2v) is 1.59. The highest BCUT2D eigenvalue weighted by atomic mass is 16.5. The van der Waals surface area contributed by atoms with Gasteiger partial charge in [0.2, 0.25) is 0 Å². The lowest BCUT2D eigenvalue weighted by Gasteiger charge is -1.98. The lowest BCUT2D eigenvalue weighted by Crippen LogP contribution is -1.89. The molecule has 0 aliphatic heterocycles. The van der Waals surface area contributed by atoms with Gasteiger partial charge in [-0.25, -0.2) is 0 Å². The molecule has 0 aromatic heterocycles. The van der Waals surface area contributed by atoms with Crippen molar-refractivity contribution >= 4 is 0 Å². The molecule has 1 nitrogen and oxygen atoms in total. The molecule has 0 unspecified atom stereocenters. The van der Waals surface area contributed by atoms with E-state index in [0.717, 1.165) is 5.75 Å². The lowest BCUT2D eigenvalue weighted by molar-refractivity contribution is 0.339. The van der Waals surface area contributed by atoms with Gasteiger partial charge in [0.1, 0.15) is 5.75 Å². The van der Waals surface area contributed by atoms with Gasteiger partial charge < -0.3 is 4.74 Å². The summed E-state index contributed by atoms with van der Waals surface area (Å²) in [6.45, 7) is 2.63. The molecular weight excluding hydrogens is 112 g/mol. The first-order valence-corrected chi connectivity index (χ1v) is 2.94. The monoisotopic (exact) mass is 120 g/mol. The average Bonchev–Trinajstić information content (AvgIpc) is 1.91. The Bertz CT molecular complexity index is 157. The van der Waals surface area contributed by atoms with Crippen LogP contribution in [-0.2, 0) is 0 Å². The standard InChI is InChI=1S/C8H8O/c1-2-9-8-6-4-3-5-7-8/h3-4,6H,2H2,1H3. The zero-order valence-electron chi connectivity index (χ0n) is 5.35. The van der Waals surface area contributed by atoms with Crippen molar-refractivity contribution in [2.45, 2.75) is 6.92 Å². The Hall–Kier alpha value is -0.980. The maximum Gasteiger partial charge on any atom is 0.127 e. The fourth-order valence-corrected chi connectivity index (χ4v) is 0.578. The van der Waals surface area contributed by atoms with Crippen LogP contribution < -0.4 is 4.74 Å². The van der Waals surface area contributed by atoms with Crippen LogP contribution in [0.25, 0.3) is 0 Å². The molecular formula is C8H8O. The molecule has 0 aliphatic rings. The van der Waals surface area contributed by atoms with Gasteiger partial charge in [-0.1, -0.05) is 12.1 Å². The first-order valence-electron chi connectivity index (χ1n) is 2.94. The first-order chi connectivity index (χ1) is 4.43. The van der Waals surface area contributed by atoms with Crippen LogP contribution in [0, 0.1) is 12.1 Å². The van der Waals surface area contributed by atoms with E-state index in [-0.39, 0.29) is 0 Å². The third-order valence-electron chi connectivity index (χ3n) is 0.922. The van der Waals surface area contributed by atoms with Crippen molar-refractivity contribution in [1.29, 1.82) is 0 Å². The van der Waals surface area contributed by atoms with Gasteiger partial charge in [-0.3, -0.25) is 0 Å². The summed E-state index contributed by atoms with van der Waals surface area (Å²) in [4.78, 5) is 0. The van der Waals surface area contributed by atoms with Gasteiger partial charge in [0.15, 0.2) is 0 Å². The predicted octanol–water partition coefficient (Wildman–Crippen LogP) is 1.69. The van der Waals surface area contributed by atoms with Crippen molar-refractivity contribution in [1.82, 2.24) is 0 Å². The highest BCUT2D eigenvalue weighted by Gasteiger charge is 1.85. The van der Waals surface area contributed by atoms with Gasteiger partial charge in [-0.05, 0) is 19.1 Å². The van der Waals surface area contributed by atoms with E-state index < -0.39 is 0 Å². The Morgan fingerprint density at radius 2 is 2.56 bits per heavy atom. The smallest absolute Gasteiger partial charge is 0.127 e. The summed E-state index contributed by atoms with van der Waals surface area (Å²) >= 11 is 0. The summed E-state index contributed by atoms with van der Waals surface area (Å²) in [5.74, 6) is 0.764. The average molecular weight is 120 g/mol. The molecule has 0 heterocycles. The van der Waals surface area contributed by atoms with Crippen LogP contribution >= 0.6 is 0 Å². The minimum Gasteiger partial charge on any atom is -0.493 e. The summed E-state index contributed by atoms with van der Waals surface area (Å²) in [6.07, 6.45) is 0. The summed E-state index contributed by atoms with van der Waals surface area (Å²) < 4.78 is 5.12. The Balaban J connectivity index is 2.61. The van der Waals surface area contributed by atoms with E-state index in [9.17, 15) is 0 Å². The van der Waals surface area contributed by atoms with E-state index in [2.05, 4.69) is 12.1 Å². The second kappa shape index (κ2) is 3.13. The van der Waals surface area contributed by atoms with E-state index in [1.165, 1.54) is 0 Å². The predicted molar refractivity (Wildman–Crippen MR) is 35.3 cm³/mol. The van der Waals surface area contributed by atoms with Gasteiger partial charge in [-0.15, -0.1) is 0 Å². The molecule has 0 saturated carbocycles. The Morgan fingerprint density at radius 1 is 1.67 bits per heavy atom. The normalized spacial score (nSPS) is 9.00. The van der Waals surface area contributed by atoms with Crippen LogP contribution in [0.5, 0.6) is 5.75 Å². The van der Waals surface area contributed by atoms with Gasteiger partial charge in [0.25, 0.3) is 0 Å². The SMILES string of the molecule is CCOc1[c][c]ccc1. The number of benzene rings is 1. The third-order valence-corrected chi connectivity index (χ3v) is 0.922. The summed E-state index contributed by atoms with van der Waals surface area (Å²) in [5, 5.41) is 0. The Morgan fingerprint density at radius 3 is 3.11 bits per heavy atom. The summed E-state index contributed by atoms with van der Waals surface area (Å²) in [7, 11) is 0. The highest BCUT2D eigenvalue weighted by Crippen LogP contribution is 2.05. The molecule has 1 aromatic carbocycles. The lowest BCUT2D eigenvalue weighted by atomic mass is 10.3. The molecule has 0 spiro atoms. The van der Waals surface area contributed by atoms with Crippen LogP contribution in [0.1, 0.15) is 6.92 Å². The Kier molecular flexibility index (Phi) is 2.13. The van der Waals surface area contributed by atoms with Crippen LogP contribution in [0.15, 0.2) is 18.2 Å². The molecule has 0 aliphatic carbocycles. The molecule has 0 fully saturated rings. The number of ether oxygens (including phenoxy) is 1. The van der Waals surface area contributed by atoms with Gasteiger partial charge in [0.05, 0.1) is 6.61 Å². The van der Waals surface area contributed by atoms with Crippen molar-refractivity contribution < 1.29 is 4.74 Å². The van der Waals surface area contributed by atoms with Crippen molar-refractivity contribution in [3.8, 4) is 5.75 Å². The topological polar surface area (TPSA) is 9.23 Å². The van der Waals surface area contributed by atoms with E-state index >= 15 is 0 Å². The van der Waals surface area contributed by atoms with Gasteiger partial charge in [-0.2, -0.15) is 0 Å². The van der Waals surface area contributed by atoms with Crippen molar-refractivity contribution in [2.75, 3.05) is 6.61 Å². The van der Waals surface area contributed by atoms with E-state index in [1.54, 1.807) is 6.07 Å². The number of hydrogen-bond acceptors (Lipinski definition) is 1. The Labute approximate surface area is 55.3 Å². The third kappa shape index (κ3) is 1.76. The quantitative estimate of drug-likeness (QED) is 0.577. The van der Waals surface area contributed by atoms with Crippen molar-refractivity contribution in [2.24, 2.45) is 0 Å². The minimum atomic E-state index is 0.689. The van der Waals surface area contributed by atoms with Crippen molar-refractivity contribution in [3.05, 3.63) is 30.3 Å². The number of hydrogen-bond donors (Lipinski definition) is 0. The fraction of sp³-hybridized carbons (Fsp3) is 0.250. The zero-order valence-corrected chi connectivity index (χ0v) is 5.35. The fourth-order valence-electron chi connectivity index (χ4n) is 0.578. The molecule has 1 aromatic rings. The van der Waals surface area contributed by atoms with Crippen LogP contribution in [-0.4, -0.2) is 6.61 Å². The maximum atomic E-state index is 5.12. The van der Waals surface area contributed by atoms with Crippen LogP contribution in [0.2, 0.25) is 0 Å². The van der Waals surface area contributed by atoms with Crippen LogP contribution in [0.3, 0.4) is 0 Å². The van der Waals surface area contributed by atoms with E-state index in [1.807, 2.05) is 19.1 Å². The highest BCUT2D eigenvalue weighted by molar-refractivity contribution is 5.18. The molecule has 0 N–H and O–H groups in total. The molecule has 2 radical (unpaired) electrons. The summed E-state index contributed by atoms with van der Waals surface area (Å²) in [5.41, 5.74) is 0. The number of rotatable bonds is 2. The molecule has 1 rings (SSSR count). The maximum absolute atomic E-state index is 5.12. The molecule has 9 heavy (non-hydrogen) atoms. The van der Waals surface area contributed by atoms with Gasteiger partial charge >= 0.3 is 0 Å².